The number of aliphatic hydroxyl groups is 4. The first kappa shape index (κ1) is 22.6. The van der Waals surface area contributed by atoms with E-state index in [4.69, 9.17) is 0 Å². The highest BCUT2D eigenvalue weighted by molar-refractivity contribution is 5.95. The molecule has 12 heteroatoms. The molecule has 2 aromatic rings. The van der Waals surface area contributed by atoms with Crippen molar-refractivity contribution in [3.63, 3.8) is 0 Å². The monoisotopic (exact) mass is 448 g/mol. The van der Waals surface area contributed by atoms with Gasteiger partial charge >= 0.3 is 0 Å². The number of fused-ring (bicyclic) bond motifs is 1. The van der Waals surface area contributed by atoms with Crippen LogP contribution in [0, 0.1) is 0 Å². The number of aliphatic hydroxyl groups excluding tert-OH is 2. The molecule has 4 heterocycles. The molecule has 176 valence electrons. The van der Waals surface area contributed by atoms with Gasteiger partial charge in [-0.2, -0.15) is 9.97 Å². The summed E-state index contributed by atoms with van der Waals surface area (Å²) >= 11 is 0. The van der Waals surface area contributed by atoms with E-state index in [1.54, 1.807) is 0 Å². The van der Waals surface area contributed by atoms with Gasteiger partial charge in [0.1, 0.15) is 11.0 Å². The molecule has 0 spiro atoms. The fourth-order valence-corrected chi connectivity index (χ4v) is 4.16. The van der Waals surface area contributed by atoms with Crippen LogP contribution in [0.3, 0.4) is 0 Å². The van der Waals surface area contributed by atoms with Crippen molar-refractivity contribution in [1.29, 1.82) is 0 Å². The van der Waals surface area contributed by atoms with E-state index in [1.807, 2.05) is 0 Å². The van der Waals surface area contributed by atoms with Gasteiger partial charge in [-0.25, -0.2) is 9.97 Å². The van der Waals surface area contributed by atoms with E-state index in [2.05, 4.69) is 40.4 Å². The lowest BCUT2D eigenvalue weighted by atomic mass is 10.1. The van der Waals surface area contributed by atoms with Gasteiger partial charge in [-0.15, -0.1) is 0 Å². The number of anilines is 4. The zero-order chi connectivity index (χ0) is 22.5. The van der Waals surface area contributed by atoms with E-state index >= 15 is 0 Å². The van der Waals surface area contributed by atoms with E-state index in [9.17, 15) is 20.4 Å². The molecule has 0 unspecified atom stereocenters. The van der Waals surface area contributed by atoms with Crippen LogP contribution in [-0.4, -0.2) is 92.2 Å². The molecule has 4 rings (SSSR count). The zero-order valence-electron chi connectivity index (χ0n) is 18.1. The average Bonchev–Trinajstić information content (AvgIpc) is 2.81. The molecule has 0 bridgehead atoms. The minimum absolute atomic E-state index is 0.0983. The van der Waals surface area contributed by atoms with Crippen LogP contribution in [0.15, 0.2) is 0 Å². The first-order valence-corrected chi connectivity index (χ1v) is 11.3. The van der Waals surface area contributed by atoms with Crippen molar-refractivity contribution in [2.24, 2.45) is 0 Å². The van der Waals surface area contributed by atoms with Crippen LogP contribution in [0.2, 0.25) is 0 Å². The van der Waals surface area contributed by atoms with Gasteiger partial charge in [0.25, 0.3) is 0 Å². The summed E-state index contributed by atoms with van der Waals surface area (Å²) in [6, 6.07) is 0. The molecule has 6 N–H and O–H groups in total. The van der Waals surface area contributed by atoms with E-state index in [1.165, 1.54) is 0 Å². The maximum Gasteiger partial charge on any atom is 0.225 e. The molecule has 0 atom stereocenters. The first-order valence-electron chi connectivity index (χ1n) is 11.3. The largest absolute Gasteiger partial charge is 0.367 e. The second-order valence-corrected chi connectivity index (χ2v) is 8.26. The fraction of sp³-hybridized carbons (Fsp3) is 0.700. The highest BCUT2D eigenvalue weighted by Gasteiger charge is 2.24. The van der Waals surface area contributed by atoms with Crippen molar-refractivity contribution in [2.45, 2.75) is 51.1 Å². The topological polar surface area (TPSA) is 163 Å². The van der Waals surface area contributed by atoms with Crippen LogP contribution < -0.4 is 20.4 Å². The third-order valence-corrected chi connectivity index (χ3v) is 5.70. The Morgan fingerprint density at radius 2 is 0.969 bits per heavy atom. The van der Waals surface area contributed by atoms with Crippen molar-refractivity contribution in [3.8, 4) is 0 Å². The van der Waals surface area contributed by atoms with Crippen molar-refractivity contribution in [3.05, 3.63) is 0 Å². The fourth-order valence-electron chi connectivity index (χ4n) is 4.16. The molecule has 0 amide bonds. The van der Waals surface area contributed by atoms with Gasteiger partial charge in [0, 0.05) is 26.2 Å². The summed E-state index contributed by atoms with van der Waals surface area (Å²) in [6.07, 6.45) is 3.48. The van der Waals surface area contributed by atoms with Gasteiger partial charge in [-0.05, 0) is 38.5 Å². The predicted molar refractivity (Wildman–Crippen MR) is 121 cm³/mol. The van der Waals surface area contributed by atoms with Crippen molar-refractivity contribution in [2.75, 3.05) is 59.7 Å². The van der Waals surface area contributed by atoms with Crippen LogP contribution in [0.1, 0.15) is 38.5 Å². The van der Waals surface area contributed by atoms with Gasteiger partial charge in [0.15, 0.2) is 24.2 Å². The Hall–Kier alpha value is -2.54. The van der Waals surface area contributed by atoms with Gasteiger partial charge in [-0.3, -0.25) is 0 Å². The lowest BCUT2D eigenvalue weighted by molar-refractivity contribution is -0.0283. The molecule has 0 aromatic carbocycles. The smallest absolute Gasteiger partial charge is 0.225 e. The Kier molecular flexibility index (Phi) is 7.35. The molecule has 2 aliphatic rings. The molecule has 0 saturated carbocycles. The Balaban J connectivity index is 1.83. The highest BCUT2D eigenvalue weighted by atomic mass is 16.5. The number of piperidine rings is 2. The van der Waals surface area contributed by atoms with Crippen molar-refractivity contribution < 1.29 is 20.4 Å². The number of hydrogen-bond donors (Lipinski definition) is 6. The molecular formula is C20H32N8O4. The van der Waals surface area contributed by atoms with Crippen LogP contribution >= 0.6 is 0 Å². The highest BCUT2D eigenvalue weighted by Crippen LogP contribution is 2.33. The quantitative estimate of drug-likeness (QED) is 0.296. The normalized spacial score (nSPS) is 17.4. The van der Waals surface area contributed by atoms with E-state index < -0.39 is 12.6 Å². The van der Waals surface area contributed by atoms with E-state index in [0.717, 1.165) is 64.7 Å². The molecule has 2 aromatic heterocycles. The van der Waals surface area contributed by atoms with Gasteiger partial charge in [0.2, 0.25) is 11.9 Å². The van der Waals surface area contributed by atoms with Crippen LogP contribution in [0.4, 0.5) is 23.5 Å². The second kappa shape index (κ2) is 10.4. The Bertz CT molecular complexity index is 828. The predicted octanol–water partition coefficient (Wildman–Crippen LogP) is -0.154. The van der Waals surface area contributed by atoms with Gasteiger partial charge in [-0.1, -0.05) is 0 Å². The lowest BCUT2D eigenvalue weighted by Crippen LogP contribution is -2.33. The van der Waals surface area contributed by atoms with Crippen molar-refractivity contribution >= 4 is 34.6 Å². The standard InChI is InChI=1S/C20H32N8O4/c29-13(30)11-21-19-24-16-15(17(25-19)27-7-3-1-4-8-27)23-20(22-12-14(31)32)26-18(16)28-9-5-2-6-10-28/h13-14,29-32H,1-12H2,(H,21,24,25)(H,22,23,26). The summed E-state index contributed by atoms with van der Waals surface area (Å²) in [5.41, 5.74) is 1.18. The number of nitrogens with one attached hydrogen (secondary N) is 2. The van der Waals surface area contributed by atoms with Crippen LogP contribution in [0.25, 0.3) is 11.0 Å². The van der Waals surface area contributed by atoms with Crippen molar-refractivity contribution in [1.82, 2.24) is 19.9 Å². The average molecular weight is 449 g/mol. The number of rotatable bonds is 8. The van der Waals surface area contributed by atoms with Gasteiger partial charge < -0.3 is 40.9 Å². The van der Waals surface area contributed by atoms with E-state index in [0.29, 0.717) is 34.6 Å². The number of nitrogens with zero attached hydrogens (tertiary/aromatic N) is 6. The zero-order valence-corrected chi connectivity index (χ0v) is 18.1. The van der Waals surface area contributed by atoms with E-state index in [-0.39, 0.29) is 13.1 Å². The Morgan fingerprint density at radius 3 is 1.31 bits per heavy atom. The maximum absolute atomic E-state index is 9.29. The Morgan fingerprint density at radius 1 is 0.594 bits per heavy atom. The molecule has 2 aliphatic heterocycles. The van der Waals surface area contributed by atoms with Crippen LogP contribution in [-0.2, 0) is 0 Å². The van der Waals surface area contributed by atoms with Gasteiger partial charge in [0.05, 0.1) is 13.1 Å². The SMILES string of the molecule is OC(O)CNc1nc(N2CCCCC2)c2nc(NCC(O)O)nc(N3CCCCC3)c2n1. The minimum atomic E-state index is -1.53. The number of aromatic nitrogens is 4. The summed E-state index contributed by atoms with van der Waals surface area (Å²) < 4.78 is 0. The maximum atomic E-state index is 9.29. The number of hydrogen-bond acceptors (Lipinski definition) is 12. The molecule has 2 fully saturated rings. The minimum Gasteiger partial charge on any atom is -0.367 e. The summed E-state index contributed by atoms with van der Waals surface area (Å²) in [6.45, 7) is 3.17. The third-order valence-electron chi connectivity index (χ3n) is 5.70. The lowest BCUT2D eigenvalue weighted by Gasteiger charge is -2.31. The summed E-state index contributed by atoms with van der Waals surface area (Å²) in [4.78, 5) is 23.0. The second-order valence-electron chi connectivity index (χ2n) is 8.26. The third kappa shape index (κ3) is 5.44. The summed E-state index contributed by atoms with van der Waals surface area (Å²) in [5.74, 6) is 1.91. The molecule has 12 nitrogen and oxygen atoms in total. The molecule has 32 heavy (non-hydrogen) atoms. The Labute approximate surface area is 186 Å². The van der Waals surface area contributed by atoms with Crippen LogP contribution in [0.5, 0.6) is 0 Å². The summed E-state index contributed by atoms with van der Waals surface area (Å²) in [5, 5.41) is 42.9. The molecular weight excluding hydrogens is 416 g/mol. The summed E-state index contributed by atoms with van der Waals surface area (Å²) in [7, 11) is 0. The molecule has 0 radical (unpaired) electrons. The molecule has 2 saturated heterocycles. The molecule has 0 aliphatic carbocycles. The first-order chi connectivity index (χ1) is 15.5.